The fraction of sp³-hybridized carbons (Fsp3) is 0.462. The average molecular weight is 295 g/mol. The summed E-state index contributed by atoms with van der Waals surface area (Å²) in [6.45, 7) is 0.397. The molecule has 0 radical (unpaired) electrons. The highest BCUT2D eigenvalue weighted by atomic mass is 16.4. The van der Waals surface area contributed by atoms with E-state index >= 15 is 0 Å². The van der Waals surface area contributed by atoms with Crippen LogP contribution in [0.5, 0.6) is 0 Å². The van der Waals surface area contributed by atoms with Crippen LogP contribution in [0.25, 0.3) is 0 Å². The lowest BCUT2D eigenvalue weighted by Crippen LogP contribution is -2.47. The molecule has 1 aliphatic rings. The van der Waals surface area contributed by atoms with Crippen molar-refractivity contribution in [2.75, 3.05) is 13.1 Å². The molecule has 3 N–H and O–H groups in total. The fourth-order valence-corrected chi connectivity index (χ4v) is 2.22. The van der Waals surface area contributed by atoms with E-state index in [0.29, 0.717) is 25.1 Å². The minimum absolute atomic E-state index is 0.217. The molecular formula is C13H17N3O5. The summed E-state index contributed by atoms with van der Waals surface area (Å²) in [5, 5.41) is 13.9. The second kappa shape index (κ2) is 6.78. The zero-order valence-corrected chi connectivity index (χ0v) is 11.4. The van der Waals surface area contributed by atoms with Crippen LogP contribution in [0.15, 0.2) is 22.8 Å². The van der Waals surface area contributed by atoms with Gasteiger partial charge in [0.25, 0.3) is 0 Å². The van der Waals surface area contributed by atoms with Crippen LogP contribution in [0.2, 0.25) is 0 Å². The summed E-state index contributed by atoms with van der Waals surface area (Å²) in [5.74, 6) is -0.807. The molecule has 2 heterocycles. The van der Waals surface area contributed by atoms with Crippen LogP contribution in [0.1, 0.15) is 18.6 Å². The van der Waals surface area contributed by atoms with Crippen molar-refractivity contribution in [3.8, 4) is 0 Å². The summed E-state index contributed by atoms with van der Waals surface area (Å²) in [5.41, 5.74) is 0. The number of likely N-dealkylation sites (tertiary alicyclic amines) is 1. The maximum absolute atomic E-state index is 11.9. The molecule has 0 aliphatic carbocycles. The minimum Gasteiger partial charge on any atom is -0.480 e. The Hall–Kier alpha value is -2.51. The number of carbonyl (C=O) groups is 3. The van der Waals surface area contributed by atoms with Gasteiger partial charge in [0.1, 0.15) is 11.8 Å². The lowest BCUT2D eigenvalue weighted by molar-refractivity contribution is -0.147. The smallest absolute Gasteiger partial charge is 0.326 e. The number of carboxylic acids is 1. The Kier molecular flexibility index (Phi) is 4.81. The van der Waals surface area contributed by atoms with Crippen molar-refractivity contribution in [3.05, 3.63) is 24.2 Å². The molecule has 1 fully saturated rings. The summed E-state index contributed by atoms with van der Waals surface area (Å²) >= 11 is 0. The van der Waals surface area contributed by atoms with Gasteiger partial charge in [-0.3, -0.25) is 4.79 Å². The Morgan fingerprint density at radius 1 is 1.38 bits per heavy atom. The van der Waals surface area contributed by atoms with Crippen molar-refractivity contribution < 1.29 is 23.9 Å². The maximum Gasteiger partial charge on any atom is 0.326 e. The first-order chi connectivity index (χ1) is 10.1. The first-order valence-corrected chi connectivity index (χ1v) is 6.64. The summed E-state index contributed by atoms with van der Waals surface area (Å²) in [4.78, 5) is 35.7. The number of nitrogens with zero attached hydrogens (tertiary/aromatic N) is 1. The highest BCUT2D eigenvalue weighted by molar-refractivity contribution is 5.88. The molecular weight excluding hydrogens is 278 g/mol. The number of aliphatic carboxylic acids is 1. The molecule has 114 valence electrons. The molecule has 1 aromatic rings. The molecule has 0 saturated carbocycles. The molecule has 0 unspecified atom stereocenters. The molecule has 2 rings (SSSR count). The molecule has 21 heavy (non-hydrogen) atoms. The second-order valence-corrected chi connectivity index (χ2v) is 4.70. The molecule has 8 heteroatoms. The van der Waals surface area contributed by atoms with Gasteiger partial charge in [-0.2, -0.15) is 0 Å². The van der Waals surface area contributed by atoms with Crippen LogP contribution in [0.4, 0.5) is 4.79 Å². The monoisotopic (exact) mass is 295 g/mol. The van der Waals surface area contributed by atoms with E-state index in [4.69, 9.17) is 9.52 Å². The number of carbonyl (C=O) groups excluding carboxylic acids is 2. The third-order valence-electron chi connectivity index (χ3n) is 3.26. The second-order valence-electron chi connectivity index (χ2n) is 4.70. The Morgan fingerprint density at radius 2 is 2.19 bits per heavy atom. The summed E-state index contributed by atoms with van der Waals surface area (Å²) < 4.78 is 5.05. The number of amides is 3. The molecule has 0 spiro atoms. The fourth-order valence-electron chi connectivity index (χ4n) is 2.22. The van der Waals surface area contributed by atoms with Crippen molar-refractivity contribution in [2.45, 2.75) is 25.4 Å². The number of carboxylic acid groups (broad SMARTS) is 1. The van der Waals surface area contributed by atoms with Gasteiger partial charge in [-0.1, -0.05) is 0 Å². The van der Waals surface area contributed by atoms with E-state index in [1.54, 1.807) is 12.1 Å². The van der Waals surface area contributed by atoms with Crippen molar-refractivity contribution in [1.29, 1.82) is 0 Å². The Balaban J connectivity index is 1.73. The van der Waals surface area contributed by atoms with Gasteiger partial charge in [-0.15, -0.1) is 0 Å². The van der Waals surface area contributed by atoms with Crippen LogP contribution in [0.3, 0.4) is 0 Å². The molecule has 1 aliphatic heterocycles. The van der Waals surface area contributed by atoms with Gasteiger partial charge < -0.3 is 25.1 Å². The predicted octanol–water partition coefficient (Wildman–Crippen LogP) is 0.154. The number of urea groups is 1. The number of furan rings is 1. The third kappa shape index (κ3) is 3.98. The van der Waals surface area contributed by atoms with Crippen molar-refractivity contribution in [3.63, 3.8) is 0 Å². The SMILES string of the molecule is O=C(NCC(=O)N1CCC[C@@H]1C(=O)O)NCc1ccco1. The molecule has 0 bridgehead atoms. The van der Waals surface area contributed by atoms with Gasteiger partial charge in [0.15, 0.2) is 0 Å². The van der Waals surface area contributed by atoms with E-state index in [0.717, 1.165) is 0 Å². The van der Waals surface area contributed by atoms with E-state index in [-0.39, 0.29) is 13.1 Å². The summed E-state index contributed by atoms with van der Waals surface area (Å²) in [6, 6.07) is 2.13. The Bertz CT molecular complexity index is 514. The zero-order valence-electron chi connectivity index (χ0n) is 11.4. The standard InChI is InChI=1S/C13H17N3O5/c17-11(16-5-1-4-10(16)12(18)19)8-15-13(20)14-7-9-3-2-6-21-9/h2-3,6,10H,1,4-5,7-8H2,(H,18,19)(H2,14,15,20)/t10-/m1/s1. The molecule has 1 saturated heterocycles. The van der Waals surface area contributed by atoms with Gasteiger partial charge >= 0.3 is 12.0 Å². The number of rotatable bonds is 5. The zero-order chi connectivity index (χ0) is 15.2. The van der Waals surface area contributed by atoms with Gasteiger partial charge in [-0.05, 0) is 25.0 Å². The first-order valence-electron chi connectivity index (χ1n) is 6.64. The van der Waals surface area contributed by atoms with Gasteiger partial charge in [0.05, 0.1) is 19.4 Å². The van der Waals surface area contributed by atoms with E-state index in [1.807, 2.05) is 0 Å². The van der Waals surface area contributed by atoms with Gasteiger partial charge in [-0.25, -0.2) is 9.59 Å². The lowest BCUT2D eigenvalue weighted by Gasteiger charge is -2.21. The van der Waals surface area contributed by atoms with Crippen LogP contribution in [-0.2, 0) is 16.1 Å². The van der Waals surface area contributed by atoms with Gasteiger partial charge in [0, 0.05) is 6.54 Å². The highest BCUT2D eigenvalue weighted by Crippen LogP contribution is 2.17. The van der Waals surface area contributed by atoms with E-state index in [1.165, 1.54) is 11.2 Å². The summed E-state index contributed by atoms with van der Waals surface area (Å²) in [6.07, 6.45) is 2.61. The number of nitrogens with one attached hydrogen (secondary N) is 2. The first kappa shape index (κ1) is 14.9. The molecule has 0 aromatic carbocycles. The van der Waals surface area contributed by atoms with Gasteiger partial charge in [0.2, 0.25) is 5.91 Å². The number of hydrogen-bond donors (Lipinski definition) is 3. The normalized spacial score (nSPS) is 17.5. The minimum atomic E-state index is -1.01. The quantitative estimate of drug-likeness (QED) is 0.716. The Morgan fingerprint density at radius 3 is 2.86 bits per heavy atom. The van der Waals surface area contributed by atoms with Crippen LogP contribution >= 0.6 is 0 Å². The van der Waals surface area contributed by atoms with E-state index in [9.17, 15) is 14.4 Å². The van der Waals surface area contributed by atoms with Crippen LogP contribution in [0, 0.1) is 0 Å². The van der Waals surface area contributed by atoms with Crippen molar-refractivity contribution >= 4 is 17.9 Å². The molecule has 1 atom stereocenters. The molecule has 3 amide bonds. The lowest BCUT2D eigenvalue weighted by atomic mass is 10.2. The Labute approximate surface area is 121 Å². The van der Waals surface area contributed by atoms with E-state index in [2.05, 4.69) is 10.6 Å². The van der Waals surface area contributed by atoms with E-state index < -0.39 is 23.9 Å². The molecule has 1 aromatic heterocycles. The van der Waals surface area contributed by atoms with Crippen molar-refractivity contribution in [1.82, 2.24) is 15.5 Å². The molecule has 8 nitrogen and oxygen atoms in total. The van der Waals surface area contributed by atoms with Crippen LogP contribution in [-0.4, -0.2) is 47.0 Å². The third-order valence-corrected chi connectivity index (χ3v) is 3.26. The van der Waals surface area contributed by atoms with Crippen LogP contribution < -0.4 is 10.6 Å². The highest BCUT2D eigenvalue weighted by Gasteiger charge is 2.33. The van der Waals surface area contributed by atoms with Crippen molar-refractivity contribution in [2.24, 2.45) is 0 Å². The summed E-state index contributed by atoms with van der Waals surface area (Å²) in [7, 11) is 0. The maximum atomic E-state index is 11.9. The largest absolute Gasteiger partial charge is 0.480 e. The predicted molar refractivity (Wildman–Crippen MR) is 71.3 cm³/mol. The number of hydrogen-bond acceptors (Lipinski definition) is 4. The average Bonchev–Trinajstić information content (AvgIpc) is 3.12. The topological polar surface area (TPSA) is 112 Å².